The Bertz CT molecular complexity index is 1050. The molecule has 1 unspecified atom stereocenters. The molecule has 0 aliphatic rings. The van der Waals surface area contributed by atoms with Crippen molar-refractivity contribution < 1.29 is 0 Å². The Balaban J connectivity index is 1.83. The van der Waals surface area contributed by atoms with Crippen LogP contribution in [0.1, 0.15) is 35.4 Å². The smallest absolute Gasteiger partial charge is 0.117 e. The van der Waals surface area contributed by atoms with Crippen LogP contribution in [0.15, 0.2) is 72.8 Å². The van der Waals surface area contributed by atoms with Crippen LogP contribution in [0, 0.1) is 6.92 Å². The van der Waals surface area contributed by atoms with Crippen LogP contribution in [-0.2, 0) is 6.54 Å². The minimum Gasteiger partial charge on any atom is -0.323 e. The second-order valence-corrected chi connectivity index (χ2v) is 7.18. The summed E-state index contributed by atoms with van der Waals surface area (Å²) in [7, 11) is 0. The zero-order valence-electron chi connectivity index (χ0n) is 15.0. The van der Waals surface area contributed by atoms with E-state index in [4.69, 9.17) is 16.6 Å². The lowest BCUT2D eigenvalue weighted by atomic mass is 9.99. The second kappa shape index (κ2) is 6.97. The number of hydrogen-bond acceptors (Lipinski definition) is 1. The van der Waals surface area contributed by atoms with Gasteiger partial charge in [-0.15, -0.1) is 0 Å². The van der Waals surface area contributed by atoms with Crippen LogP contribution >= 0.6 is 11.6 Å². The number of hydrogen-bond donors (Lipinski definition) is 0. The van der Waals surface area contributed by atoms with Gasteiger partial charge in [0, 0.05) is 10.9 Å². The van der Waals surface area contributed by atoms with Crippen LogP contribution < -0.4 is 0 Å². The Morgan fingerprint density at radius 3 is 2.38 bits per heavy atom. The Labute approximate surface area is 159 Å². The zero-order chi connectivity index (χ0) is 18.1. The van der Waals surface area contributed by atoms with Crippen molar-refractivity contribution in [2.45, 2.75) is 26.3 Å². The van der Waals surface area contributed by atoms with Gasteiger partial charge in [-0.3, -0.25) is 0 Å². The molecule has 1 heterocycles. The van der Waals surface area contributed by atoms with Crippen molar-refractivity contribution in [2.75, 3.05) is 0 Å². The number of aromatic nitrogens is 2. The average molecular weight is 361 g/mol. The van der Waals surface area contributed by atoms with Gasteiger partial charge in [0.15, 0.2) is 0 Å². The molecular formula is C23H21ClN2. The van der Waals surface area contributed by atoms with Crippen molar-refractivity contribution in [3.63, 3.8) is 0 Å². The first-order valence-electron chi connectivity index (χ1n) is 8.88. The van der Waals surface area contributed by atoms with Gasteiger partial charge < -0.3 is 4.57 Å². The Morgan fingerprint density at radius 2 is 1.62 bits per heavy atom. The van der Waals surface area contributed by atoms with Crippen LogP contribution in [0.3, 0.4) is 0 Å². The molecule has 0 saturated carbocycles. The topological polar surface area (TPSA) is 17.8 Å². The molecule has 0 saturated heterocycles. The third kappa shape index (κ3) is 3.13. The molecule has 0 spiro atoms. The number of fused-ring (bicyclic) bond motifs is 1. The summed E-state index contributed by atoms with van der Waals surface area (Å²) in [4.78, 5) is 4.96. The first-order valence-corrected chi connectivity index (χ1v) is 9.26. The third-order valence-corrected chi connectivity index (χ3v) is 5.30. The van der Waals surface area contributed by atoms with Crippen LogP contribution in [0.2, 0.25) is 5.02 Å². The number of aryl methyl sites for hydroxylation is 1. The lowest BCUT2D eigenvalue weighted by Crippen LogP contribution is -2.09. The number of nitrogens with zero attached hydrogens (tertiary/aromatic N) is 2. The highest BCUT2D eigenvalue weighted by Crippen LogP contribution is 2.29. The molecule has 2 nitrogen and oxygen atoms in total. The molecule has 4 aromatic rings. The molecule has 0 radical (unpaired) electrons. The molecule has 0 fully saturated rings. The van der Waals surface area contributed by atoms with Gasteiger partial charge in [-0.2, -0.15) is 0 Å². The number of halogens is 1. The fraction of sp³-hybridized carbons (Fsp3) is 0.174. The Kier molecular flexibility index (Phi) is 4.52. The molecule has 1 atom stereocenters. The minimum absolute atomic E-state index is 0.200. The van der Waals surface area contributed by atoms with E-state index in [1.807, 2.05) is 24.3 Å². The van der Waals surface area contributed by atoms with Gasteiger partial charge in [-0.05, 0) is 36.2 Å². The summed E-state index contributed by atoms with van der Waals surface area (Å²) in [6.45, 7) is 5.04. The molecule has 130 valence electrons. The molecule has 0 amide bonds. The summed E-state index contributed by atoms with van der Waals surface area (Å²) < 4.78 is 2.29. The number of imidazole rings is 1. The number of para-hydroxylation sites is 2. The summed E-state index contributed by atoms with van der Waals surface area (Å²) in [6.07, 6.45) is 0. The lowest BCUT2D eigenvalue weighted by Gasteiger charge is -2.16. The SMILES string of the molecule is Cc1ccc(C(C)c2nc3ccccc3n2Cc2ccccc2Cl)cc1. The predicted octanol–water partition coefficient (Wildman–Crippen LogP) is 6.20. The van der Waals surface area contributed by atoms with E-state index in [0.29, 0.717) is 6.54 Å². The highest BCUT2D eigenvalue weighted by molar-refractivity contribution is 6.31. The molecule has 0 aliphatic carbocycles. The van der Waals surface area contributed by atoms with Gasteiger partial charge in [0.25, 0.3) is 0 Å². The van der Waals surface area contributed by atoms with Gasteiger partial charge in [0.2, 0.25) is 0 Å². The maximum absolute atomic E-state index is 6.42. The molecule has 0 N–H and O–H groups in total. The lowest BCUT2D eigenvalue weighted by molar-refractivity contribution is 0.705. The Morgan fingerprint density at radius 1 is 0.923 bits per heavy atom. The standard InChI is InChI=1S/C23H21ClN2/c1-16-11-13-18(14-12-16)17(2)23-25-21-9-5-6-10-22(21)26(23)15-19-7-3-4-8-20(19)24/h3-14,17H,15H2,1-2H3. The quantitative estimate of drug-likeness (QED) is 0.423. The van der Waals surface area contributed by atoms with E-state index in [-0.39, 0.29) is 5.92 Å². The fourth-order valence-corrected chi connectivity index (χ4v) is 3.59. The maximum atomic E-state index is 6.42. The molecule has 3 heteroatoms. The van der Waals surface area contributed by atoms with Crippen LogP contribution in [0.4, 0.5) is 0 Å². The molecule has 1 aromatic heterocycles. The van der Waals surface area contributed by atoms with Crippen molar-refractivity contribution >= 4 is 22.6 Å². The zero-order valence-corrected chi connectivity index (χ0v) is 15.7. The summed E-state index contributed by atoms with van der Waals surface area (Å²) >= 11 is 6.42. The van der Waals surface area contributed by atoms with Gasteiger partial charge in [0.05, 0.1) is 17.6 Å². The number of rotatable bonds is 4. The summed E-state index contributed by atoms with van der Waals surface area (Å²) in [5.74, 6) is 1.26. The largest absolute Gasteiger partial charge is 0.323 e. The van der Waals surface area contributed by atoms with E-state index in [0.717, 1.165) is 27.4 Å². The van der Waals surface area contributed by atoms with E-state index in [1.54, 1.807) is 0 Å². The van der Waals surface area contributed by atoms with Gasteiger partial charge in [-0.25, -0.2) is 4.98 Å². The third-order valence-electron chi connectivity index (χ3n) is 4.94. The molecule has 26 heavy (non-hydrogen) atoms. The first-order chi connectivity index (χ1) is 12.6. The van der Waals surface area contributed by atoms with E-state index in [1.165, 1.54) is 11.1 Å². The monoisotopic (exact) mass is 360 g/mol. The number of benzene rings is 3. The fourth-order valence-electron chi connectivity index (χ4n) is 3.39. The van der Waals surface area contributed by atoms with Crippen molar-refractivity contribution in [3.05, 3.63) is 100 Å². The van der Waals surface area contributed by atoms with Gasteiger partial charge in [0.1, 0.15) is 5.82 Å². The van der Waals surface area contributed by atoms with Gasteiger partial charge in [-0.1, -0.05) is 78.7 Å². The summed E-state index contributed by atoms with van der Waals surface area (Å²) in [5.41, 5.74) is 5.81. The normalized spacial score (nSPS) is 12.4. The maximum Gasteiger partial charge on any atom is 0.117 e. The highest BCUT2D eigenvalue weighted by Gasteiger charge is 2.18. The molecule has 4 rings (SSSR count). The van der Waals surface area contributed by atoms with E-state index in [2.05, 4.69) is 66.9 Å². The van der Waals surface area contributed by atoms with Crippen LogP contribution in [-0.4, -0.2) is 9.55 Å². The van der Waals surface area contributed by atoms with Gasteiger partial charge >= 0.3 is 0 Å². The van der Waals surface area contributed by atoms with E-state index < -0.39 is 0 Å². The molecule has 0 bridgehead atoms. The van der Waals surface area contributed by atoms with Crippen molar-refractivity contribution in [1.82, 2.24) is 9.55 Å². The van der Waals surface area contributed by atoms with Crippen molar-refractivity contribution in [3.8, 4) is 0 Å². The Hall–Kier alpha value is -2.58. The molecule has 3 aromatic carbocycles. The average Bonchev–Trinajstić information content (AvgIpc) is 3.02. The summed E-state index contributed by atoms with van der Waals surface area (Å²) in [6, 6.07) is 25.0. The minimum atomic E-state index is 0.200. The summed E-state index contributed by atoms with van der Waals surface area (Å²) in [5, 5.41) is 0.791. The molecular weight excluding hydrogens is 340 g/mol. The van der Waals surface area contributed by atoms with Crippen LogP contribution in [0.5, 0.6) is 0 Å². The van der Waals surface area contributed by atoms with Crippen molar-refractivity contribution in [2.24, 2.45) is 0 Å². The van der Waals surface area contributed by atoms with E-state index >= 15 is 0 Å². The van der Waals surface area contributed by atoms with E-state index in [9.17, 15) is 0 Å². The first kappa shape index (κ1) is 16.9. The second-order valence-electron chi connectivity index (χ2n) is 6.77. The van der Waals surface area contributed by atoms with Crippen LogP contribution in [0.25, 0.3) is 11.0 Å². The molecule has 0 aliphatic heterocycles. The highest BCUT2D eigenvalue weighted by atomic mass is 35.5. The predicted molar refractivity (Wildman–Crippen MR) is 109 cm³/mol. The van der Waals surface area contributed by atoms with Crippen molar-refractivity contribution in [1.29, 1.82) is 0 Å².